The molecule has 1 heterocycles. The monoisotopic (exact) mass is 416 g/mol. The Morgan fingerprint density at radius 1 is 1.15 bits per heavy atom. The van der Waals surface area contributed by atoms with E-state index < -0.39 is 0 Å². The predicted molar refractivity (Wildman–Crippen MR) is 111 cm³/mol. The SMILES string of the molecule is COc1ccc(/C=C(\C#N)c2nc(-c3ccc(Cl)cc3Cl)cs2)c(OC)c1. The van der Waals surface area contributed by atoms with Gasteiger partial charge in [-0.1, -0.05) is 23.2 Å². The lowest BCUT2D eigenvalue weighted by molar-refractivity contribution is 0.394. The average Bonchev–Trinajstić information content (AvgIpc) is 3.15. The van der Waals surface area contributed by atoms with Gasteiger partial charge in [-0.25, -0.2) is 4.98 Å². The van der Waals surface area contributed by atoms with Gasteiger partial charge in [-0.3, -0.25) is 0 Å². The maximum Gasteiger partial charge on any atom is 0.134 e. The number of aromatic nitrogens is 1. The molecule has 4 nitrogen and oxygen atoms in total. The van der Waals surface area contributed by atoms with Crippen LogP contribution in [-0.2, 0) is 0 Å². The summed E-state index contributed by atoms with van der Waals surface area (Å²) in [6, 6.07) is 12.8. The van der Waals surface area contributed by atoms with Gasteiger partial charge in [0.1, 0.15) is 22.6 Å². The van der Waals surface area contributed by atoms with Gasteiger partial charge in [-0.05, 0) is 36.4 Å². The Labute approximate surface area is 171 Å². The maximum atomic E-state index is 9.62. The third kappa shape index (κ3) is 4.25. The smallest absolute Gasteiger partial charge is 0.134 e. The first-order chi connectivity index (χ1) is 13.0. The summed E-state index contributed by atoms with van der Waals surface area (Å²) in [5.74, 6) is 1.29. The van der Waals surface area contributed by atoms with Gasteiger partial charge >= 0.3 is 0 Å². The molecule has 0 aliphatic heterocycles. The van der Waals surface area contributed by atoms with Crippen molar-refractivity contribution in [3.63, 3.8) is 0 Å². The number of nitrogens with zero attached hydrogens (tertiary/aromatic N) is 2. The second-order valence-electron chi connectivity index (χ2n) is 5.44. The summed E-state index contributed by atoms with van der Waals surface area (Å²) < 4.78 is 10.6. The summed E-state index contributed by atoms with van der Waals surface area (Å²) >= 11 is 13.6. The van der Waals surface area contributed by atoms with E-state index in [2.05, 4.69) is 11.1 Å². The van der Waals surface area contributed by atoms with Crippen molar-refractivity contribution in [1.82, 2.24) is 4.98 Å². The number of halogens is 2. The average molecular weight is 417 g/mol. The van der Waals surface area contributed by atoms with Crippen LogP contribution < -0.4 is 9.47 Å². The molecule has 0 aliphatic rings. The van der Waals surface area contributed by atoms with Crippen molar-refractivity contribution < 1.29 is 9.47 Å². The van der Waals surface area contributed by atoms with E-state index in [1.807, 2.05) is 23.6 Å². The van der Waals surface area contributed by atoms with Crippen molar-refractivity contribution >= 4 is 46.2 Å². The highest BCUT2D eigenvalue weighted by Crippen LogP contribution is 2.34. The number of benzene rings is 2. The lowest BCUT2D eigenvalue weighted by Gasteiger charge is -2.07. The molecule has 0 unspecified atom stereocenters. The lowest BCUT2D eigenvalue weighted by Crippen LogP contribution is -1.90. The Kier molecular flexibility index (Phi) is 6.02. The van der Waals surface area contributed by atoms with Gasteiger partial charge < -0.3 is 9.47 Å². The Hall–Kier alpha value is -2.52. The van der Waals surface area contributed by atoms with Crippen molar-refractivity contribution in [3.8, 4) is 28.8 Å². The van der Waals surface area contributed by atoms with Crippen LogP contribution in [0.1, 0.15) is 10.6 Å². The fourth-order valence-electron chi connectivity index (χ4n) is 2.45. The molecule has 0 fully saturated rings. The highest BCUT2D eigenvalue weighted by atomic mass is 35.5. The first kappa shape index (κ1) is 19.2. The molecule has 2 aromatic carbocycles. The van der Waals surface area contributed by atoms with E-state index in [0.29, 0.717) is 37.8 Å². The van der Waals surface area contributed by atoms with Crippen LogP contribution in [0.25, 0.3) is 22.9 Å². The Bertz CT molecular complexity index is 1050. The zero-order valence-corrected chi connectivity index (χ0v) is 16.8. The molecule has 0 radical (unpaired) electrons. The molecule has 136 valence electrons. The molecular weight excluding hydrogens is 403 g/mol. The van der Waals surface area contributed by atoms with Gasteiger partial charge in [0.05, 0.1) is 30.5 Å². The van der Waals surface area contributed by atoms with Crippen molar-refractivity contribution in [2.45, 2.75) is 0 Å². The number of nitriles is 1. The van der Waals surface area contributed by atoms with Gasteiger partial charge in [-0.15, -0.1) is 11.3 Å². The van der Waals surface area contributed by atoms with Gasteiger partial charge in [0.25, 0.3) is 0 Å². The minimum absolute atomic E-state index is 0.430. The third-order valence-corrected chi connectivity index (χ3v) is 5.23. The van der Waals surface area contributed by atoms with Crippen LogP contribution in [0, 0.1) is 11.3 Å². The highest BCUT2D eigenvalue weighted by molar-refractivity contribution is 7.11. The summed E-state index contributed by atoms with van der Waals surface area (Å²) in [5.41, 5.74) is 2.65. The van der Waals surface area contributed by atoms with E-state index in [4.69, 9.17) is 32.7 Å². The standard InChI is InChI=1S/C20H14Cl2N2O2S/c1-25-15-5-3-12(19(9-15)26-2)7-13(10-23)20-24-18(11-27-20)16-6-4-14(21)8-17(16)22/h3-9,11H,1-2H3/b13-7+. The number of hydrogen-bond acceptors (Lipinski definition) is 5. The Balaban J connectivity index is 1.99. The largest absolute Gasteiger partial charge is 0.497 e. The first-order valence-electron chi connectivity index (χ1n) is 7.81. The van der Waals surface area contributed by atoms with Crippen LogP contribution in [0.2, 0.25) is 10.0 Å². The van der Waals surface area contributed by atoms with Gasteiger partial charge in [0.2, 0.25) is 0 Å². The quantitative estimate of drug-likeness (QED) is 0.464. The van der Waals surface area contributed by atoms with Crippen molar-refractivity contribution in [1.29, 1.82) is 5.26 Å². The topological polar surface area (TPSA) is 55.1 Å². The molecule has 0 saturated carbocycles. The molecule has 1 aromatic heterocycles. The molecule has 3 aromatic rings. The molecule has 27 heavy (non-hydrogen) atoms. The number of rotatable bonds is 5. The van der Waals surface area contributed by atoms with Crippen LogP contribution in [0.5, 0.6) is 11.5 Å². The predicted octanol–water partition coefficient (Wildman–Crippen LogP) is 6.20. The number of ether oxygens (including phenoxy) is 2. The fourth-order valence-corrected chi connectivity index (χ4v) is 3.74. The minimum atomic E-state index is 0.430. The van der Waals surface area contributed by atoms with E-state index >= 15 is 0 Å². The number of methoxy groups -OCH3 is 2. The Morgan fingerprint density at radius 3 is 2.63 bits per heavy atom. The third-order valence-electron chi connectivity index (χ3n) is 3.80. The van der Waals surface area contributed by atoms with E-state index in [9.17, 15) is 5.26 Å². The van der Waals surface area contributed by atoms with Gasteiger partial charge in [-0.2, -0.15) is 5.26 Å². The minimum Gasteiger partial charge on any atom is -0.497 e. The van der Waals surface area contributed by atoms with Gasteiger partial charge in [0, 0.05) is 27.6 Å². The molecule has 0 aliphatic carbocycles. The van der Waals surface area contributed by atoms with E-state index in [1.165, 1.54) is 11.3 Å². The molecule has 0 N–H and O–H groups in total. The zero-order valence-electron chi connectivity index (χ0n) is 14.5. The zero-order chi connectivity index (χ0) is 19.4. The fraction of sp³-hybridized carbons (Fsp3) is 0.100. The van der Waals surface area contributed by atoms with Crippen LogP contribution in [0.4, 0.5) is 0 Å². The Morgan fingerprint density at radius 2 is 1.96 bits per heavy atom. The van der Waals surface area contributed by atoms with Crippen molar-refractivity contribution in [2.75, 3.05) is 14.2 Å². The second kappa shape index (κ2) is 8.45. The lowest BCUT2D eigenvalue weighted by atomic mass is 10.1. The van der Waals surface area contributed by atoms with Crippen LogP contribution in [0.15, 0.2) is 41.8 Å². The molecule has 0 bridgehead atoms. The van der Waals surface area contributed by atoms with Crippen molar-refractivity contribution in [2.24, 2.45) is 0 Å². The summed E-state index contributed by atoms with van der Waals surface area (Å²) in [7, 11) is 3.16. The van der Waals surface area contributed by atoms with E-state index in [0.717, 1.165) is 11.1 Å². The molecular formula is C20H14Cl2N2O2S. The summed E-state index contributed by atoms with van der Waals surface area (Å²) in [4.78, 5) is 4.56. The highest BCUT2D eigenvalue weighted by Gasteiger charge is 2.13. The number of hydrogen-bond donors (Lipinski definition) is 0. The first-order valence-corrected chi connectivity index (χ1v) is 9.44. The summed E-state index contributed by atoms with van der Waals surface area (Å²) in [6.45, 7) is 0. The maximum absolute atomic E-state index is 9.62. The molecule has 0 spiro atoms. The van der Waals surface area contributed by atoms with Gasteiger partial charge in [0.15, 0.2) is 0 Å². The molecule has 3 rings (SSSR count). The number of allylic oxidation sites excluding steroid dienone is 1. The molecule has 7 heteroatoms. The van der Waals surface area contributed by atoms with E-state index in [1.54, 1.807) is 38.5 Å². The summed E-state index contributed by atoms with van der Waals surface area (Å²) in [5, 5.41) is 13.1. The van der Waals surface area contributed by atoms with Crippen LogP contribution in [-0.4, -0.2) is 19.2 Å². The summed E-state index contributed by atoms with van der Waals surface area (Å²) in [6.07, 6.45) is 1.74. The number of thiazole rings is 1. The van der Waals surface area contributed by atoms with Crippen LogP contribution in [0.3, 0.4) is 0 Å². The van der Waals surface area contributed by atoms with Crippen LogP contribution >= 0.6 is 34.5 Å². The van der Waals surface area contributed by atoms with Crippen molar-refractivity contribution in [3.05, 3.63) is 62.4 Å². The normalized spacial score (nSPS) is 11.1. The molecule has 0 amide bonds. The molecule has 0 atom stereocenters. The second-order valence-corrected chi connectivity index (χ2v) is 7.14. The molecule has 0 saturated heterocycles. The van der Waals surface area contributed by atoms with E-state index in [-0.39, 0.29) is 0 Å².